The first-order valence-electron chi connectivity index (χ1n) is 5.63. The molecule has 106 valence electrons. The van der Waals surface area contributed by atoms with Gasteiger partial charge in [-0.05, 0) is 71.5 Å². The topological polar surface area (TPSA) is 72.2 Å². The standard InChI is InChI=1S/C13H12ClIN2O2S/c1-8-12(16)6-9(14)7-13(8)20(18,19)17-11-4-2-10(15)3-5-11/h2-7,17H,16H2,1H3. The second-order valence-electron chi connectivity index (χ2n) is 4.23. The minimum atomic E-state index is -3.72. The molecule has 2 aromatic carbocycles. The van der Waals surface area contributed by atoms with Gasteiger partial charge in [0.15, 0.2) is 0 Å². The van der Waals surface area contributed by atoms with Crippen LogP contribution < -0.4 is 10.5 Å². The number of anilines is 2. The van der Waals surface area contributed by atoms with Crippen molar-refractivity contribution in [3.8, 4) is 0 Å². The SMILES string of the molecule is Cc1c(N)cc(Cl)cc1S(=O)(=O)Nc1ccc(I)cc1. The number of hydrogen-bond donors (Lipinski definition) is 2. The van der Waals surface area contributed by atoms with E-state index in [2.05, 4.69) is 27.3 Å². The fourth-order valence-corrected chi connectivity index (χ4v) is 3.69. The highest BCUT2D eigenvalue weighted by Crippen LogP contribution is 2.27. The molecule has 0 saturated heterocycles. The largest absolute Gasteiger partial charge is 0.398 e. The number of benzene rings is 2. The van der Waals surface area contributed by atoms with Crippen molar-refractivity contribution in [3.05, 3.63) is 50.6 Å². The van der Waals surface area contributed by atoms with Crippen LogP contribution in [0, 0.1) is 10.5 Å². The second kappa shape index (κ2) is 5.79. The molecular formula is C13H12ClIN2O2S. The van der Waals surface area contributed by atoms with E-state index < -0.39 is 10.0 Å². The monoisotopic (exact) mass is 422 g/mol. The molecule has 0 atom stereocenters. The van der Waals surface area contributed by atoms with Crippen molar-refractivity contribution >= 4 is 55.6 Å². The highest BCUT2D eigenvalue weighted by Gasteiger charge is 2.19. The Labute approximate surface area is 136 Å². The molecule has 4 nitrogen and oxygen atoms in total. The molecule has 20 heavy (non-hydrogen) atoms. The normalized spacial score (nSPS) is 11.3. The van der Waals surface area contributed by atoms with Gasteiger partial charge in [-0.25, -0.2) is 8.42 Å². The summed E-state index contributed by atoms with van der Waals surface area (Å²) in [7, 11) is -3.72. The maximum atomic E-state index is 12.4. The maximum Gasteiger partial charge on any atom is 0.262 e. The summed E-state index contributed by atoms with van der Waals surface area (Å²) in [5.41, 5.74) is 7.07. The summed E-state index contributed by atoms with van der Waals surface area (Å²) >= 11 is 8.03. The molecule has 7 heteroatoms. The predicted octanol–water partition coefficient (Wildman–Crippen LogP) is 3.64. The van der Waals surface area contributed by atoms with Crippen LogP contribution in [0.25, 0.3) is 0 Å². The van der Waals surface area contributed by atoms with E-state index in [1.165, 1.54) is 12.1 Å². The van der Waals surface area contributed by atoms with Crippen LogP contribution in [0.15, 0.2) is 41.3 Å². The van der Waals surface area contributed by atoms with Gasteiger partial charge in [0.2, 0.25) is 0 Å². The molecule has 0 aliphatic heterocycles. The van der Waals surface area contributed by atoms with Gasteiger partial charge >= 0.3 is 0 Å². The minimum absolute atomic E-state index is 0.0843. The average molecular weight is 423 g/mol. The Morgan fingerprint density at radius 2 is 1.80 bits per heavy atom. The predicted molar refractivity (Wildman–Crippen MR) is 90.6 cm³/mol. The summed E-state index contributed by atoms with van der Waals surface area (Å²) in [6.07, 6.45) is 0. The number of rotatable bonds is 3. The quantitative estimate of drug-likeness (QED) is 0.586. The molecule has 0 unspecified atom stereocenters. The van der Waals surface area contributed by atoms with E-state index >= 15 is 0 Å². The van der Waals surface area contributed by atoms with E-state index in [4.69, 9.17) is 17.3 Å². The lowest BCUT2D eigenvalue weighted by Gasteiger charge is -2.12. The van der Waals surface area contributed by atoms with Crippen molar-refractivity contribution in [2.45, 2.75) is 11.8 Å². The van der Waals surface area contributed by atoms with Gasteiger partial charge in [0.05, 0.1) is 4.90 Å². The number of nitrogens with one attached hydrogen (secondary N) is 1. The Morgan fingerprint density at radius 3 is 2.40 bits per heavy atom. The molecule has 0 fully saturated rings. The van der Waals surface area contributed by atoms with Gasteiger partial charge in [-0.1, -0.05) is 11.6 Å². The Morgan fingerprint density at radius 1 is 1.20 bits per heavy atom. The second-order valence-corrected chi connectivity index (χ2v) is 7.56. The van der Waals surface area contributed by atoms with Crippen molar-refractivity contribution in [2.75, 3.05) is 10.5 Å². The van der Waals surface area contributed by atoms with Crippen LogP contribution in [0.3, 0.4) is 0 Å². The molecule has 2 aromatic rings. The first-order valence-corrected chi connectivity index (χ1v) is 8.57. The number of nitrogens with two attached hydrogens (primary N) is 1. The summed E-state index contributed by atoms with van der Waals surface area (Å²) < 4.78 is 28.3. The summed E-state index contributed by atoms with van der Waals surface area (Å²) in [5, 5.41) is 0.288. The third kappa shape index (κ3) is 3.36. The van der Waals surface area contributed by atoms with Crippen molar-refractivity contribution in [1.82, 2.24) is 0 Å². The van der Waals surface area contributed by atoms with Gasteiger partial charge < -0.3 is 5.73 Å². The fraction of sp³-hybridized carbons (Fsp3) is 0.0769. The number of nitrogen functional groups attached to an aromatic ring is 1. The first kappa shape index (κ1) is 15.4. The van der Waals surface area contributed by atoms with Gasteiger partial charge in [0.1, 0.15) is 0 Å². The Bertz CT molecular complexity index is 746. The molecule has 0 aliphatic rings. The van der Waals surface area contributed by atoms with Crippen molar-refractivity contribution in [2.24, 2.45) is 0 Å². The van der Waals surface area contributed by atoms with E-state index in [1.54, 1.807) is 19.1 Å². The number of sulfonamides is 1. The van der Waals surface area contributed by atoms with Crippen LogP contribution in [0.2, 0.25) is 5.02 Å². The van der Waals surface area contributed by atoms with E-state index in [-0.39, 0.29) is 9.92 Å². The van der Waals surface area contributed by atoms with Crippen LogP contribution in [-0.2, 0) is 10.0 Å². The van der Waals surface area contributed by atoms with Crippen molar-refractivity contribution in [3.63, 3.8) is 0 Å². The molecule has 0 bridgehead atoms. The summed E-state index contributed by atoms with van der Waals surface area (Å²) in [4.78, 5) is 0.0843. The lowest BCUT2D eigenvalue weighted by atomic mass is 10.2. The molecule has 0 radical (unpaired) electrons. The van der Waals surface area contributed by atoms with Crippen LogP contribution in [0.4, 0.5) is 11.4 Å². The van der Waals surface area contributed by atoms with E-state index in [1.807, 2.05) is 12.1 Å². The molecule has 3 N–H and O–H groups in total. The lowest BCUT2D eigenvalue weighted by Crippen LogP contribution is -2.15. The molecule has 0 heterocycles. The van der Waals surface area contributed by atoms with Crippen LogP contribution in [0.1, 0.15) is 5.56 Å². The van der Waals surface area contributed by atoms with Crippen LogP contribution in [0.5, 0.6) is 0 Å². The van der Waals surface area contributed by atoms with E-state index in [0.29, 0.717) is 16.9 Å². The van der Waals surface area contributed by atoms with Crippen molar-refractivity contribution in [1.29, 1.82) is 0 Å². The highest BCUT2D eigenvalue weighted by atomic mass is 127. The molecular weight excluding hydrogens is 411 g/mol. The van der Waals surface area contributed by atoms with Crippen molar-refractivity contribution < 1.29 is 8.42 Å². The van der Waals surface area contributed by atoms with Crippen LogP contribution >= 0.6 is 34.2 Å². The minimum Gasteiger partial charge on any atom is -0.398 e. The zero-order valence-corrected chi connectivity index (χ0v) is 14.3. The summed E-state index contributed by atoms with van der Waals surface area (Å²) in [6, 6.07) is 9.95. The molecule has 0 saturated carbocycles. The third-order valence-electron chi connectivity index (χ3n) is 2.75. The average Bonchev–Trinajstić information content (AvgIpc) is 2.36. The van der Waals surface area contributed by atoms with Gasteiger partial charge in [0, 0.05) is 20.0 Å². The van der Waals surface area contributed by atoms with Gasteiger partial charge in [-0.15, -0.1) is 0 Å². The Kier molecular flexibility index (Phi) is 4.46. The molecule has 2 rings (SSSR count). The zero-order chi connectivity index (χ0) is 14.9. The zero-order valence-electron chi connectivity index (χ0n) is 10.5. The highest BCUT2D eigenvalue weighted by molar-refractivity contribution is 14.1. The van der Waals surface area contributed by atoms with Gasteiger partial charge in [-0.3, -0.25) is 4.72 Å². The Balaban J connectivity index is 2.43. The smallest absolute Gasteiger partial charge is 0.262 e. The van der Waals surface area contributed by atoms with E-state index in [0.717, 1.165) is 3.57 Å². The number of halogens is 2. The third-order valence-corrected chi connectivity index (χ3v) is 5.20. The maximum absolute atomic E-state index is 12.4. The van der Waals surface area contributed by atoms with Gasteiger partial charge in [0.25, 0.3) is 10.0 Å². The number of hydrogen-bond acceptors (Lipinski definition) is 3. The summed E-state index contributed by atoms with van der Waals surface area (Å²) in [6.45, 7) is 1.65. The summed E-state index contributed by atoms with van der Waals surface area (Å²) in [5.74, 6) is 0. The molecule has 0 aliphatic carbocycles. The molecule has 0 amide bonds. The van der Waals surface area contributed by atoms with Crippen LogP contribution in [-0.4, -0.2) is 8.42 Å². The molecule has 0 spiro atoms. The molecule has 0 aromatic heterocycles. The lowest BCUT2D eigenvalue weighted by molar-refractivity contribution is 0.600. The Hall–Kier alpha value is -0.990. The fourth-order valence-electron chi connectivity index (χ4n) is 1.68. The first-order chi connectivity index (χ1) is 9.29. The van der Waals surface area contributed by atoms with Gasteiger partial charge in [-0.2, -0.15) is 0 Å². The van der Waals surface area contributed by atoms with E-state index in [9.17, 15) is 8.42 Å².